The van der Waals surface area contributed by atoms with Gasteiger partial charge in [-0.2, -0.15) is 0 Å². The lowest BCUT2D eigenvalue weighted by molar-refractivity contribution is 0.613. The molecule has 1 rings (SSSR count). The molecular formula is C8H14N4. The van der Waals surface area contributed by atoms with Crippen LogP contribution in [0.15, 0.2) is 24.7 Å². The summed E-state index contributed by atoms with van der Waals surface area (Å²) in [5.41, 5.74) is 4.51. The van der Waals surface area contributed by atoms with E-state index in [0.29, 0.717) is 0 Å². The lowest BCUT2D eigenvalue weighted by Gasteiger charge is -2.12. The minimum Gasteiger partial charge on any atom is -0.340 e. The molecule has 0 saturated carbocycles. The predicted octanol–water partition coefficient (Wildman–Crippen LogP) is 0.501. The zero-order valence-electron chi connectivity index (χ0n) is 7.41. The number of nitrogens with zero attached hydrogens (tertiary/aromatic N) is 2. The van der Waals surface area contributed by atoms with Crippen LogP contribution < -0.4 is 11.3 Å². The Balaban J connectivity index is 2.87. The Kier molecular flexibility index (Phi) is 2.62. The SMILES string of the molecule is C=C(C)C(NN)c1cn(C)cn1. The minimum atomic E-state index is -0.0498. The number of rotatable bonds is 3. The maximum atomic E-state index is 5.35. The van der Waals surface area contributed by atoms with E-state index in [1.165, 1.54) is 0 Å². The van der Waals surface area contributed by atoms with Gasteiger partial charge in [-0.3, -0.25) is 5.84 Å². The third-order valence-corrected chi connectivity index (χ3v) is 1.68. The Morgan fingerprint density at radius 1 is 1.83 bits per heavy atom. The molecule has 0 aliphatic rings. The molecule has 4 nitrogen and oxygen atoms in total. The summed E-state index contributed by atoms with van der Waals surface area (Å²) >= 11 is 0. The average Bonchev–Trinajstić information content (AvgIpc) is 2.37. The Hall–Kier alpha value is -1.13. The summed E-state index contributed by atoms with van der Waals surface area (Å²) in [5.74, 6) is 5.35. The quantitative estimate of drug-likeness (QED) is 0.390. The first-order chi connectivity index (χ1) is 5.65. The summed E-state index contributed by atoms with van der Waals surface area (Å²) in [6.07, 6.45) is 3.65. The molecule has 1 unspecified atom stereocenters. The van der Waals surface area contributed by atoms with E-state index >= 15 is 0 Å². The molecule has 0 saturated heterocycles. The number of aryl methyl sites for hydroxylation is 1. The van der Waals surface area contributed by atoms with Crippen molar-refractivity contribution in [1.82, 2.24) is 15.0 Å². The molecule has 1 aromatic heterocycles. The van der Waals surface area contributed by atoms with Gasteiger partial charge in [-0.25, -0.2) is 10.4 Å². The lowest BCUT2D eigenvalue weighted by atomic mass is 10.1. The van der Waals surface area contributed by atoms with Gasteiger partial charge in [0.25, 0.3) is 0 Å². The summed E-state index contributed by atoms with van der Waals surface area (Å²) in [6, 6.07) is -0.0498. The molecule has 0 fully saturated rings. The Bertz CT molecular complexity index is 276. The van der Waals surface area contributed by atoms with Gasteiger partial charge in [-0.15, -0.1) is 0 Å². The van der Waals surface area contributed by atoms with Gasteiger partial charge < -0.3 is 4.57 Å². The molecule has 4 heteroatoms. The standard InChI is InChI=1S/C8H14N4/c1-6(2)8(11-9)7-4-12(3)5-10-7/h4-5,8,11H,1,9H2,2-3H3. The zero-order valence-corrected chi connectivity index (χ0v) is 7.41. The highest BCUT2D eigenvalue weighted by atomic mass is 15.2. The van der Waals surface area contributed by atoms with E-state index in [4.69, 9.17) is 5.84 Å². The molecule has 3 N–H and O–H groups in total. The fraction of sp³-hybridized carbons (Fsp3) is 0.375. The molecular weight excluding hydrogens is 152 g/mol. The maximum Gasteiger partial charge on any atom is 0.0947 e. The number of imidazole rings is 1. The minimum absolute atomic E-state index is 0.0498. The van der Waals surface area contributed by atoms with E-state index in [1.54, 1.807) is 6.33 Å². The second-order valence-corrected chi connectivity index (χ2v) is 2.91. The van der Waals surface area contributed by atoms with Crippen molar-refractivity contribution in [3.05, 3.63) is 30.4 Å². The third-order valence-electron chi connectivity index (χ3n) is 1.68. The highest BCUT2D eigenvalue weighted by Gasteiger charge is 2.11. The monoisotopic (exact) mass is 166 g/mol. The van der Waals surface area contributed by atoms with Gasteiger partial charge in [0.05, 0.1) is 18.1 Å². The third kappa shape index (κ3) is 1.72. The molecule has 0 spiro atoms. The van der Waals surface area contributed by atoms with Crippen molar-refractivity contribution in [1.29, 1.82) is 0 Å². The van der Waals surface area contributed by atoms with Gasteiger partial charge in [0, 0.05) is 13.2 Å². The summed E-state index contributed by atoms with van der Waals surface area (Å²) in [7, 11) is 1.92. The van der Waals surface area contributed by atoms with Gasteiger partial charge in [0.15, 0.2) is 0 Å². The van der Waals surface area contributed by atoms with Gasteiger partial charge in [0.2, 0.25) is 0 Å². The highest BCUT2D eigenvalue weighted by Crippen LogP contribution is 2.15. The van der Waals surface area contributed by atoms with Crippen LogP contribution in [0, 0.1) is 0 Å². The van der Waals surface area contributed by atoms with Crippen LogP contribution in [0.2, 0.25) is 0 Å². The number of hydrogen-bond acceptors (Lipinski definition) is 3. The largest absolute Gasteiger partial charge is 0.340 e. The van der Waals surface area contributed by atoms with Gasteiger partial charge in [-0.1, -0.05) is 12.2 Å². The summed E-state index contributed by atoms with van der Waals surface area (Å²) in [5, 5.41) is 0. The van der Waals surface area contributed by atoms with Crippen molar-refractivity contribution < 1.29 is 0 Å². The highest BCUT2D eigenvalue weighted by molar-refractivity contribution is 5.15. The molecule has 1 heterocycles. The fourth-order valence-corrected chi connectivity index (χ4v) is 1.06. The van der Waals surface area contributed by atoms with Crippen molar-refractivity contribution in [2.24, 2.45) is 12.9 Å². The number of nitrogens with two attached hydrogens (primary N) is 1. The van der Waals surface area contributed by atoms with E-state index in [-0.39, 0.29) is 6.04 Å². The molecule has 0 aromatic carbocycles. The van der Waals surface area contributed by atoms with Gasteiger partial charge >= 0.3 is 0 Å². The van der Waals surface area contributed by atoms with Crippen LogP contribution >= 0.6 is 0 Å². The molecule has 12 heavy (non-hydrogen) atoms. The van der Waals surface area contributed by atoms with E-state index in [9.17, 15) is 0 Å². The Morgan fingerprint density at radius 2 is 2.50 bits per heavy atom. The molecule has 0 amide bonds. The number of aromatic nitrogens is 2. The van der Waals surface area contributed by atoms with Crippen LogP contribution in [0.1, 0.15) is 18.7 Å². The fourth-order valence-electron chi connectivity index (χ4n) is 1.06. The van der Waals surface area contributed by atoms with Crippen LogP contribution in [0.3, 0.4) is 0 Å². The normalized spacial score (nSPS) is 12.9. The van der Waals surface area contributed by atoms with E-state index in [1.807, 2.05) is 24.7 Å². The summed E-state index contributed by atoms with van der Waals surface area (Å²) in [6.45, 7) is 5.74. The second kappa shape index (κ2) is 3.51. The maximum absolute atomic E-state index is 5.35. The van der Waals surface area contributed by atoms with Crippen LogP contribution in [-0.2, 0) is 7.05 Å². The van der Waals surface area contributed by atoms with Crippen molar-refractivity contribution in [2.45, 2.75) is 13.0 Å². The smallest absolute Gasteiger partial charge is 0.0947 e. The molecule has 1 atom stereocenters. The van der Waals surface area contributed by atoms with Crippen LogP contribution in [0.5, 0.6) is 0 Å². The topological polar surface area (TPSA) is 55.9 Å². The first-order valence-electron chi connectivity index (χ1n) is 3.74. The molecule has 66 valence electrons. The Labute approximate surface area is 72.1 Å². The number of nitrogens with one attached hydrogen (secondary N) is 1. The first-order valence-corrected chi connectivity index (χ1v) is 3.74. The number of hydrogen-bond donors (Lipinski definition) is 2. The zero-order chi connectivity index (χ0) is 9.14. The van der Waals surface area contributed by atoms with Gasteiger partial charge in [0.1, 0.15) is 0 Å². The molecule has 0 bridgehead atoms. The Morgan fingerprint density at radius 3 is 2.83 bits per heavy atom. The van der Waals surface area contributed by atoms with Crippen LogP contribution in [-0.4, -0.2) is 9.55 Å². The van der Waals surface area contributed by atoms with Crippen LogP contribution in [0.4, 0.5) is 0 Å². The van der Waals surface area contributed by atoms with Crippen molar-refractivity contribution >= 4 is 0 Å². The molecule has 0 aliphatic carbocycles. The molecule has 0 radical (unpaired) electrons. The van der Waals surface area contributed by atoms with Crippen molar-refractivity contribution in [3.8, 4) is 0 Å². The molecule has 1 aromatic rings. The van der Waals surface area contributed by atoms with Crippen LogP contribution in [0.25, 0.3) is 0 Å². The van der Waals surface area contributed by atoms with Crippen molar-refractivity contribution in [3.63, 3.8) is 0 Å². The average molecular weight is 166 g/mol. The lowest BCUT2D eigenvalue weighted by Crippen LogP contribution is -2.28. The number of hydrazine groups is 1. The first kappa shape index (κ1) is 8.96. The van der Waals surface area contributed by atoms with Crippen molar-refractivity contribution in [2.75, 3.05) is 0 Å². The predicted molar refractivity (Wildman–Crippen MR) is 48.1 cm³/mol. The van der Waals surface area contributed by atoms with E-state index in [0.717, 1.165) is 11.3 Å². The summed E-state index contributed by atoms with van der Waals surface area (Å²) < 4.78 is 1.88. The second-order valence-electron chi connectivity index (χ2n) is 2.91. The van der Waals surface area contributed by atoms with E-state index in [2.05, 4.69) is 17.0 Å². The summed E-state index contributed by atoms with van der Waals surface area (Å²) in [4.78, 5) is 4.17. The van der Waals surface area contributed by atoms with E-state index < -0.39 is 0 Å². The van der Waals surface area contributed by atoms with Gasteiger partial charge in [-0.05, 0) is 6.92 Å². The molecule has 0 aliphatic heterocycles.